The van der Waals surface area contributed by atoms with Crippen molar-refractivity contribution in [3.05, 3.63) is 35.4 Å². The van der Waals surface area contributed by atoms with E-state index in [0.29, 0.717) is 17.5 Å². The second kappa shape index (κ2) is 6.01. The van der Waals surface area contributed by atoms with Crippen LogP contribution in [0.15, 0.2) is 24.3 Å². The van der Waals surface area contributed by atoms with E-state index in [2.05, 4.69) is 0 Å². The Labute approximate surface area is 140 Å². The van der Waals surface area contributed by atoms with Gasteiger partial charge in [-0.15, -0.1) is 0 Å². The number of hydrogen-bond acceptors (Lipinski definition) is 5. The molecule has 0 aliphatic carbocycles. The molecular weight excluding hydrogens is 332 g/mol. The van der Waals surface area contributed by atoms with Gasteiger partial charge in [0.15, 0.2) is 9.84 Å². The SMILES string of the molecule is CN(C(=O)CCN1C(=O)c2ccccc2C1=O)C1CCS(=O)(=O)C1. The molecule has 0 aromatic heterocycles. The first-order chi connectivity index (χ1) is 11.3. The van der Waals surface area contributed by atoms with E-state index >= 15 is 0 Å². The van der Waals surface area contributed by atoms with E-state index in [0.717, 1.165) is 4.90 Å². The van der Waals surface area contributed by atoms with Gasteiger partial charge in [-0.25, -0.2) is 8.42 Å². The van der Waals surface area contributed by atoms with Crippen molar-refractivity contribution in [1.29, 1.82) is 0 Å². The lowest BCUT2D eigenvalue weighted by Gasteiger charge is -2.24. The maximum atomic E-state index is 12.3. The molecule has 1 unspecified atom stereocenters. The van der Waals surface area contributed by atoms with Gasteiger partial charge in [0.25, 0.3) is 11.8 Å². The van der Waals surface area contributed by atoms with Crippen molar-refractivity contribution in [2.24, 2.45) is 0 Å². The van der Waals surface area contributed by atoms with Crippen LogP contribution >= 0.6 is 0 Å². The second-order valence-corrected chi connectivity index (χ2v) is 8.35. The molecule has 1 saturated heterocycles. The van der Waals surface area contributed by atoms with Gasteiger partial charge in [-0.3, -0.25) is 19.3 Å². The lowest BCUT2D eigenvalue weighted by Crippen LogP contribution is -2.40. The maximum Gasteiger partial charge on any atom is 0.261 e. The quantitative estimate of drug-likeness (QED) is 0.729. The molecule has 7 nitrogen and oxygen atoms in total. The van der Waals surface area contributed by atoms with Gasteiger partial charge in [-0.05, 0) is 18.6 Å². The van der Waals surface area contributed by atoms with Crippen LogP contribution in [-0.2, 0) is 14.6 Å². The lowest BCUT2D eigenvalue weighted by atomic mass is 10.1. The number of hydrogen-bond donors (Lipinski definition) is 0. The average Bonchev–Trinajstić information content (AvgIpc) is 3.03. The van der Waals surface area contributed by atoms with Crippen molar-refractivity contribution in [2.45, 2.75) is 18.9 Å². The Hall–Kier alpha value is -2.22. The van der Waals surface area contributed by atoms with E-state index in [1.807, 2.05) is 0 Å². The molecule has 1 fully saturated rings. The Kier molecular flexibility index (Phi) is 4.16. The summed E-state index contributed by atoms with van der Waals surface area (Å²) in [7, 11) is -1.51. The summed E-state index contributed by atoms with van der Waals surface area (Å²) in [5, 5.41) is 0. The number of fused-ring (bicyclic) bond motifs is 1. The molecule has 1 aromatic rings. The first kappa shape index (κ1) is 16.6. The number of nitrogens with zero attached hydrogens (tertiary/aromatic N) is 2. The van der Waals surface area contributed by atoms with Crippen LogP contribution in [0.25, 0.3) is 0 Å². The average molecular weight is 350 g/mol. The van der Waals surface area contributed by atoms with Gasteiger partial charge in [0.05, 0.1) is 22.6 Å². The highest BCUT2D eigenvalue weighted by molar-refractivity contribution is 7.91. The molecule has 1 aromatic carbocycles. The number of carbonyl (C=O) groups is 3. The molecule has 3 amide bonds. The number of benzene rings is 1. The summed E-state index contributed by atoms with van der Waals surface area (Å²) in [4.78, 5) is 39.2. The monoisotopic (exact) mass is 350 g/mol. The lowest BCUT2D eigenvalue weighted by molar-refractivity contribution is -0.131. The van der Waals surface area contributed by atoms with Crippen LogP contribution in [0.4, 0.5) is 0 Å². The van der Waals surface area contributed by atoms with Crippen molar-refractivity contribution in [1.82, 2.24) is 9.80 Å². The van der Waals surface area contributed by atoms with Crippen molar-refractivity contribution in [3.8, 4) is 0 Å². The van der Waals surface area contributed by atoms with Crippen molar-refractivity contribution < 1.29 is 22.8 Å². The Morgan fingerprint density at radius 2 is 1.79 bits per heavy atom. The van der Waals surface area contributed by atoms with Gasteiger partial charge in [0.2, 0.25) is 5.91 Å². The van der Waals surface area contributed by atoms with Gasteiger partial charge in [-0.2, -0.15) is 0 Å². The van der Waals surface area contributed by atoms with Crippen molar-refractivity contribution >= 4 is 27.6 Å². The summed E-state index contributed by atoms with van der Waals surface area (Å²) in [5.41, 5.74) is 0.704. The molecule has 2 aliphatic rings. The number of rotatable bonds is 4. The maximum absolute atomic E-state index is 12.3. The van der Waals surface area contributed by atoms with Crippen molar-refractivity contribution in [3.63, 3.8) is 0 Å². The first-order valence-electron chi connectivity index (χ1n) is 7.71. The molecule has 0 N–H and O–H groups in total. The van der Waals surface area contributed by atoms with Crippen LogP contribution in [0.2, 0.25) is 0 Å². The summed E-state index contributed by atoms with van der Waals surface area (Å²) in [6.07, 6.45) is 0.413. The molecule has 0 saturated carbocycles. The number of carbonyl (C=O) groups excluding carboxylic acids is 3. The Morgan fingerprint density at radius 1 is 1.21 bits per heavy atom. The predicted octanol–water partition coefficient (Wildman–Crippen LogP) is 0.318. The zero-order valence-electron chi connectivity index (χ0n) is 13.3. The Morgan fingerprint density at radius 3 is 2.29 bits per heavy atom. The molecular formula is C16H18N2O5S. The van der Waals surface area contributed by atoms with E-state index in [1.54, 1.807) is 31.3 Å². The molecule has 0 spiro atoms. The minimum Gasteiger partial charge on any atom is -0.342 e. The summed E-state index contributed by atoms with van der Waals surface area (Å²) < 4.78 is 23.0. The van der Waals surface area contributed by atoms with Crippen LogP contribution < -0.4 is 0 Å². The summed E-state index contributed by atoms with van der Waals surface area (Å²) in [6.45, 7) is -0.00497. The van der Waals surface area contributed by atoms with Crippen LogP contribution in [0.5, 0.6) is 0 Å². The zero-order valence-corrected chi connectivity index (χ0v) is 14.1. The Bertz CT molecular complexity index is 783. The van der Waals surface area contributed by atoms with Crippen LogP contribution in [0, 0.1) is 0 Å². The van der Waals surface area contributed by atoms with E-state index in [9.17, 15) is 22.8 Å². The molecule has 24 heavy (non-hydrogen) atoms. The highest BCUT2D eigenvalue weighted by atomic mass is 32.2. The fourth-order valence-corrected chi connectivity index (χ4v) is 4.88. The van der Waals surface area contributed by atoms with Gasteiger partial charge in [0, 0.05) is 26.1 Å². The standard InChI is InChI=1S/C16H18N2O5S/c1-17(11-7-9-24(22,23)10-11)14(19)6-8-18-15(20)12-4-2-3-5-13(12)16(18)21/h2-5,11H,6-10H2,1H3. The molecule has 3 rings (SSSR count). The molecule has 2 heterocycles. The topological polar surface area (TPSA) is 91.8 Å². The third-order valence-corrected chi connectivity index (χ3v) is 6.33. The normalized spacial score (nSPS) is 21.9. The fraction of sp³-hybridized carbons (Fsp3) is 0.438. The van der Waals surface area contributed by atoms with Gasteiger partial charge >= 0.3 is 0 Å². The Balaban J connectivity index is 1.61. The number of sulfone groups is 1. The smallest absolute Gasteiger partial charge is 0.261 e. The largest absolute Gasteiger partial charge is 0.342 e. The number of imide groups is 1. The highest BCUT2D eigenvalue weighted by Crippen LogP contribution is 2.23. The second-order valence-electron chi connectivity index (χ2n) is 6.12. The molecule has 2 aliphatic heterocycles. The van der Waals surface area contributed by atoms with Crippen LogP contribution in [-0.4, -0.2) is 67.1 Å². The first-order valence-corrected chi connectivity index (χ1v) is 9.53. The minimum absolute atomic E-state index is 0.00497. The van der Waals surface area contributed by atoms with Crippen LogP contribution in [0.1, 0.15) is 33.6 Å². The minimum atomic E-state index is -3.07. The van der Waals surface area contributed by atoms with Gasteiger partial charge in [-0.1, -0.05) is 12.1 Å². The van der Waals surface area contributed by atoms with Crippen LogP contribution in [0.3, 0.4) is 0 Å². The fourth-order valence-electron chi connectivity index (χ4n) is 3.11. The molecule has 1 atom stereocenters. The highest BCUT2D eigenvalue weighted by Gasteiger charge is 2.36. The third kappa shape index (κ3) is 2.93. The van der Waals surface area contributed by atoms with E-state index in [-0.39, 0.29) is 36.4 Å². The predicted molar refractivity (Wildman–Crippen MR) is 86.3 cm³/mol. The zero-order chi connectivity index (χ0) is 17.5. The summed E-state index contributed by atoms with van der Waals surface area (Å²) >= 11 is 0. The van der Waals surface area contributed by atoms with E-state index in [4.69, 9.17) is 0 Å². The van der Waals surface area contributed by atoms with E-state index in [1.165, 1.54) is 4.90 Å². The summed E-state index contributed by atoms with van der Waals surface area (Å²) in [6, 6.07) is 6.23. The van der Waals surface area contributed by atoms with Gasteiger partial charge < -0.3 is 4.90 Å². The molecule has 0 bridgehead atoms. The summed E-state index contributed by atoms with van der Waals surface area (Å²) in [5.74, 6) is -0.992. The van der Waals surface area contributed by atoms with Crippen molar-refractivity contribution in [2.75, 3.05) is 25.1 Å². The molecule has 8 heteroatoms. The number of amides is 3. The molecule has 128 valence electrons. The van der Waals surface area contributed by atoms with Gasteiger partial charge in [0.1, 0.15) is 0 Å². The molecule has 0 radical (unpaired) electrons. The van der Waals surface area contributed by atoms with E-state index < -0.39 is 21.7 Å². The third-order valence-electron chi connectivity index (χ3n) is 4.58.